The van der Waals surface area contributed by atoms with Crippen LogP contribution in [-0.2, 0) is 12.8 Å². The summed E-state index contributed by atoms with van der Waals surface area (Å²) in [5, 5.41) is 0. The Bertz CT molecular complexity index is 535. The molecule has 1 heteroatoms. The number of hydrogen-bond donors (Lipinski definition) is 0. The Balaban J connectivity index is 1.96. The van der Waals surface area contributed by atoms with Gasteiger partial charge in [-0.05, 0) is 30.9 Å². The molecule has 0 atom stereocenters. The third kappa shape index (κ3) is 3.78. The molecule has 0 fully saturated rings. The van der Waals surface area contributed by atoms with E-state index in [1.807, 2.05) is 19.1 Å². The molecule has 0 aliphatic heterocycles. The molecule has 0 saturated carbocycles. The van der Waals surface area contributed by atoms with Gasteiger partial charge < -0.3 is 0 Å². The topological polar surface area (TPSA) is 17.1 Å². The fourth-order valence-corrected chi connectivity index (χ4v) is 2.10. The van der Waals surface area contributed by atoms with Crippen LogP contribution in [0.5, 0.6) is 0 Å². The van der Waals surface area contributed by atoms with E-state index < -0.39 is 0 Å². The second-order valence-corrected chi connectivity index (χ2v) is 4.96. The normalized spacial score (nSPS) is 10.4. The van der Waals surface area contributed by atoms with E-state index in [0.717, 1.165) is 18.4 Å². The van der Waals surface area contributed by atoms with Crippen molar-refractivity contribution in [2.45, 2.75) is 33.1 Å². The van der Waals surface area contributed by atoms with Gasteiger partial charge in [-0.1, -0.05) is 61.0 Å². The molecule has 98 valence electrons. The van der Waals surface area contributed by atoms with Gasteiger partial charge in [0.1, 0.15) is 0 Å². The summed E-state index contributed by atoms with van der Waals surface area (Å²) < 4.78 is 0. The number of carbonyl (C=O) groups excluding carboxylic acids is 1. The lowest BCUT2D eigenvalue weighted by Crippen LogP contribution is -1.97. The standard InChI is InChI=1S/C18H20O/c1-3-18(19)17-12-10-16(11-13-17)9-8-15-6-4-14(2)5-7-15/h4-7,10-13H,3,8-9H2,1-2H3. The van der Waals surface area contributed by atoms with Gasteiger partial charge in [0.25, 0.3) is 0 Å². The summed E-state index contributed by atoms with van der Waals surface area (Å²) in [5.41, 5.74) is 4.76. The highest BCUT2D eigenvalue weighted by molar-refractivity contribution is 5.95. The van der Waals surface area contributed by atoms with Crippen molar-refractivity contribution in [2.24, 2.45) is 0 Å². The summed E-state index contributed by atoms with van der Waals surface area (Å²) >= 11 is 0. The van der Waals surface area contributed by atoms with Crippen LogP contribution in [0.15, 0.2) is 48.5 Å². The van der Waals surface area contributed by atoms with Crippen LogP contribution in [0.4, 0.5) is 0 Å². The molecular formula is C18H20O. The lowest BCUT2D eigenvalue weighted by Gasteiger charge is -2.04. The molecule has 0 radical (unpaired) electrons. The Morgan fingerprint density at radius 1 is 0.842 bits per heavy atom. The lowest BCUT2D eigenvalue weighted by atomic mass is 10.0. The smallest absolute Gasteiger partial charge is 0.162 e. The molecule has 2 aromatic carbocycles. The van der Waals surface area contributed by atoms with E-state index in [0.29, 0.717) is 6.42 Å². The molecule has 19 heavy (non-hydrogen) atoms. The zero-order valence-electron chi connectivity index (χ0n) is 11.6. The van der Waals surface area contributed by atoms with Gasteiger partial charge in [-0.2, -0.15) is 0 Å². The highest BCUT2D eigenvalue weighted by Gasteiger charge is 2.02. The second kappa shape index (κ2) is 6.33. The van der Waals surface area contributed by atoms with E-state index in [1.165, 1.54) is 16.7 Å². The van der Waals surface area contributed by atoms with Gasteiger partial charge in [0.05, 0.1) is 0 Å². The SMILES string of the molecule is CCC(=O)c1ccc(CCc2ccc(C)cc2)cc1. The Morgan fingerprint density at radius 2 is 1.32 bits per heavy atom. The van der Waals surface area contributed by atoms with Crippen LogP contribution in [0.1, 0.15) is 40.4 Å². The minimum Gasteiger partial charge on any atom is -0.294 e. The molecule has 2 rings (SSSR count). The van der Waals surface area contributed by atoms with Crippen LogP contribution in [0.2, 0.25) is 0 Å². The summed E-state index contributed by atoms with van der Waals surface area (Å²) in [7, 11) is 0. The number of ketones is 1. The Hall–Kier alpha value is -1.89. The fourth-order valence-electron chi connectivity index (χ4n) is 2.10. The summed E-state index contributed by atoms with van der Waals surface area (Å²) in [6.07, 6.45) is 2.63. The van der Waals surface area contributed by atoms with Crippen molar-refractivity contribution in [3.8, 4) is 0 Å². The van der Waals surface area contributed by atoms with Crippen molar-refractivity contribution >= 4 is 5.78 Å². The zero-order chi connectivity index (χ0) is 13.7. The molecule has 0 bridgehead atoms. The second-order valence-electron chi connectivity index (χ2n) is 4.96. The fraction of sp³-hybridized carbons (Fsp3) is 0.278. The van der Waals surface area contributed by atoms with E-state index >= 15 is 0 Å². The van der Waals surface area contributed by atoms with E-state index in [-0.39, 0.29) is 5.78 Å². The first kappa shape index (κ1) is 13.5. The van der Waals surface area contributed by atoms with Gasteiger partial charge in [-0.25, -0.2) is 0 Å². The van der Waals surface area contributed by atoms with Crippen LogP contribution in [0.25, 0.3) is 0 Å². The predicted molar refractivity (Wildman–Crippen MR) is 79.7 cm³/mol. The van der Waals surface area contributed by atoms with Gasteiger partial charge >= 0.3 is 0 Å². The molecule has 0 heterocycles. The third-order valence-corrected chi connectivity index (χ3v) is 3.42. The minimum absolute atomic E-state index is 0.213. The van der Waals surface area contributed by atoms with Gasteiger partial charge in [0.2, 0.25) is 0 Å². The molecule has 0 saturated heterocycles. The lowest BCUT2D eigenvalue weighted by molar-refractivity contribution is 0.0988. The van der Waals surface area contributed by atoms with Crippen molar-refractivity contribution in [2.75, 3.05) is 0 Å². The molecule has 0 amide bonds. The number of Topliss-reactive ketones (excluding diaryl/α,β-unsaturated/α-hetero) is 1. The summed E-state index contributed by atoms with van der Waals surface area (Å²) in [5.74, 6) is 0.213. The summed E-state index contributed by atoms with van der Waals surface area (Å²) in [6, 6.07) is 16.7. The zero-order valence-corrected chi connectivity index (χ0v) is 11.6. The quantitative estimate of drug-likeness (QED) is 0.722. The molecule has 0 unspecified atom stereocenters. The van der Waals surface area contributed by atoms with Crippen LogP contribution < -0.4 is 0 Å². The van der Waals surface area contributed by atoms with Crippen LogP contribution >= 0.6 is 0 Å². The number of benzene rings is 2. The van der Waals surface area contributed by atoms with Crippen LogP contribution in [-0.4, -0.2) is 5.78 Å². The highest BCUT2D eigenvalue weighted by Crippen LogP contribution is 2.11. The maximum absolute atomic E-state index is 11.5. The maximum Gasteiger partial charge on any atom is 0.162 e. The third-order valence-electron chi connectivity index (χ3n) is 3.42. The van der Waals surface area contributed by atoms with Crippen molar-refractivity contribution in [1.82, 2.24) is 0 Å². The first-order chi connectivity index (χ1) is 9.19. The van der Waals surface area contributed by atoms with Crippen LogP contribution in [0.3, 0.4) is 0 Å². The number of carbonyl (C=O) groups is 1. The van der Waals surface area contributed by atoms with E-state index in [4.69, 9.17) is 0 Å². The van der Waals surface area contributed by atoms with Gasteiger partial charge in [0.15, 0.2) is 5.78 Å². The van der Waals surface area contributed by atoms with Gasteiger partial charge in [0, 0.05) is 12.0 Å². The maximum atomic E-state index is 11.5. The highest BCUT2D eigenvalue weighted by atomic mass is 16.1. The van der Waals surface area contributed by atoms with Gasteiger partial charge in [-0.3, -0.25) is 4.79 Å². The van der Waals surface area contributed by atoms with E-state index in [2.05, 4.69) is 43.3 Å². The average molecular weight is 252 g/mol. The molecule has 2 aromatic rings. The van der Waals surface area contributed by atoms with Crippen molar-refractivity contribution in [3.05, 3.63) is 70.8 Å². The first-order valence-electron chi connectivity index (χ1n) is 6.86. The van der Waals surface area contributed by atoms with E-state index in [9.17, 15) is 4.79 Å². The summed E-state index contributed by atoms with van der Waals surface area (Å²) in [6.45, 7) is 4.00. The molecule has 0 spiro atoms. The van der Waals surface area contributed by atoms with Crippen molar-refractivity contribution in [3.63, 3.8) is 0 Å². The average Bonchev–Trinajstić information content (AvgIpc) is 2.46. The Kier molecular flexibility index (Phi) is 4.51. The minimum atomic E-state index is 0.213. The molecule has 0 N–H and O–H groups in total. The van der Waals surface area contributed by atoms with Gasteiger partial charge in [-0.15, -0.1) is 0 Å². The summed E-state index contributed by atoms with van der Waals surface area (Å²) in [4.78, 5) is 11.5. The molecular weight excluding hydrogens is 232 g/mol. The number of rotatable bonds is 5. The van der Waals surface area contributed by atoms with E-state index in [1.54, 1.807) is 0 Å². The Labute approximate surface area is 115 Å². The molecule has 0 aliphatic rings. The van der Waals surface area contributed by atoms with Crippen LogP contribution in [0, 0.1) is 6.92 Å². The van der Waals surface area contributed by atoms with Crippen molar-refractivity contribution < 1.29 is 4.79 Å². The first-order valence-corrected chi connectivity index (χ1v) is 6.86. The molecule has 0 aromatic heterocycles. The molecule has 0 aliphatic carbocycles. The monoisotopic (exact) mass is 252 g/mol. The largest absolute Gasteiger partial charge is 0.294 e. The number of hydrogen-bond acceptors (Lipinski definition) is 1. The predicted octanol–water partition coefficient (Wildman–Crippen LogP) is 4.37. The Morgan fingerprint density at radius 3 is 1.79 bits per heavy atom. The molecule has 1 nitrogen and oxygen atoms in total. The van der Waals surface area contributed by atoms with Crippen molar-refractivity contribution in [1.29, 1.82) is 0 Å². The number of aryl methyl sites for hydroxylation is 3.